The van der Waals surface area contributed by atoms with Gasteiger partial charge in [-0.1, -0.05) is 24.3 Å². The topological polar surface area (TPSA) is 3.24 Å². The van der Waals surface area contributed by atoms with E-state index in [4.69, 9.17) is 0 Å². The monoisotopic (exact) mass is 187 g/mol. The second kappa shape index (κ2) is 3.09. The summed E-state index contributed by atoms with van der Waals surface area (Å²) in [4.78, 5) is 2.49. The van der Waals surface area contributed by atoms with Gasteiger partial charge in [-0.3, -0.25) is 0 Å². The summed E-state index contributed by atoms with van der Waals surface area (Å²) in [6.07, 6.45) is 2.74. The van der Waals surface area contributed by atoms with E-state index in [1.807, 2.05) is 0 Å². The van der Waals surface area contributed by atoms with Gasteiger partial charge in [0, 0.05) is 6.54 Å². The molecule has 1 heterocycles. The zero-order chi connectivity index (χ0) is 9.54. The molecule has 2 bridgehead atoms. The molecule has 0 spiro atoms. The number of nitrogens with zero attached hydrogens (tertiary/aromatic N) is 1. The molecule has 1 fully saturated rings. The van der Waals surface area contributed by atoms with Crippen molar-refractivity contribution in [3.63, 3.8) is 0 Å². The lowest BCUT2D eigenvalue weighted by Gasteiger charge is -2.21. The van der Waals surface area contributed by atoms with Crippen molar-refractivity contribution in [3.05, 3.63) is 35.4 Å². The average Bonchev–Trinajstić information content (AvgIpc) is 2.40. The molecule has 1 aliphatic carbocycles. The summed E-state index contributed by atoms with van der Waals surface area (Å²) in [5, 5.41) is 0. The van der Waals surface area contributed by atoms with Gasteiger partial charge >= 0.3 is 0 Å². The van der Waals surface area contributed by atoms with Gasteiger partial charge in [0.1, 0.15) is 0 Å². The zero-order valence-corrected chi connectivity index (χ0v) is 8.74. The molecule has 1 unspecified atom stereocenters. The van der Waals surface area contributed by atoms with E-state index >= 15 is 0 Å². The Balaban J connectivity index is 2.04. The third kappa shape index (κ3) is 1.19. The maximum absolute atomic E-state index is 2.49. The Hall–Kier alpha value is -0.820. The third-order valence-corrected chi connectivity index (χ3v) is 3.84. The molecule has 3 rings (SSSR count). The third-order valence-electron chi connectivity index (χ3n) is 3.84. The van der Waals surface area contributed by atoms with E-state index in [0.29, 0.717) is 0 Å². The first-order chi connectivity index (χ1) is 6.84. The molecule has 14 heavy (non-hydrogen) atoms. The first kappa shape index (κ1) is 8.49. The lowest BCUT2D eigenvalue weighted by Crippen LogP contribution is -2.23. The van der Waals surface area contributed by atoms with Gasteiger partial charge in [-0.15, -0.1) is 0 Å². The number of hydrogen-bond acceptors (Lipinski definition) is 1. The van der Waals surface area contributed by atoms with Crippen LogP contribution in [0, 0.1) is 0 Å². The highest BCUT2D eigenvalue weighted by Gasteiger charge is 2.33. The first-order valence-electron chi connectivity index (χ1n) is 5.62. The minimum Gasteiger partial charge on any atom is -0.306 e. The quantitative estimate of drug-likeness (QED) is 0.603. The Kier molecular flexibility index (Phi) is 1.88. The number of hydrogen-bond donors (Lipinski definition) is 0. The molecule has 1 aliphatic heterocycles. The van der Waals surface area contributed by atoms with Crippen molar-refractivity contribution in [1.82, 2.24) is 4.90 Å². The predicted molar refractivity (Wildman–Crippen MR) is 58.7 cm³/mol. The van der Waals surface area contributed by atoms with E-state index in [2.05, 4.69) is 36.2 Å². The molecule has 2 atom stereocenters. The van der Waals surface area contributed by atoms with Crippen molar-refractivity contribution in [3.8, 4) is 0 Å². The van der Waals surface area contributed by atoms with Crippen LogP contribution in [0.25, 0.3) is 0 Å². The Morgan fingerprint density at radius 2 is 1.86 bits per heavy atom. The van der Waals surface area contributed by atoms with Crippen LogP contribution in [0.1, 0.15) is 35.8 Å². The average molecular weight is 187 g/mol. The molecule has 1 aromatic carbocycles. The van der Waals surface area contributed by atoms with Gasteiger partial charge in [0.25, 0.3) is 0 Å². The molecule has 0 saturated carbocycles. The molecule has 1 saturated heterocycles. The zero-order valence-electron chi connectivity index (χ0n) is 8.74. The smallest absolute Gasteiger partial charge is 0.00475 e. The number of fused-ring (bicyclic) bond motifs is 5. The lowest BCUT2D eigenvalue weighted by atomic mass is 9.98. The van der Waals surface area contributed by atoms with Crippen molar-refractivity contribution < 1.29 is 0 Å². The molecule has 0 radical (unpaired) electrons. The van der Waals surface area contributed by atoms with E-state index in [9.17, 15) is 0 Å². The number of rotatable bonds is 0. The van der Waals surface area contributed by atoms with Crippen molar-refractivity contribution in [2.24, 2.45) is 0 Å². The van der Waals surface area contributed by atoms with Crippen LogP contribution in [0.4, 0.5) is 0 Å². The van der Waals surface area contributed by atoms with Gasteiger partial charge in [-0.25, -0.2) is 0 Å². The summed E-state index contributed by atoms with van der Waals surface area (Å²) in [7, 11) is 2.25. The Morgan fingerprint density at radius 1 is 1.14 bits per heavy atom. The second-order valence-corrected chi connectivity index (χ2v) is 4.81. The Bertz CT molecular complexity index is 343. The van der Waals surface area contributed by atoms with Gasteiger partial charge in [0.05, 0.1) is 0 Å². The fourth-order valence-corrected chi connectivity index (χ4v) is 3.14. The molecule has 0 aromatic heterocycles. The highest BCUT2D eigenvalue weighted by Crippen LogP contribution is 2.45. The minimum absolute atomic E-state index is 0.809. The van der Waals surface area contributed by atoms with Crippen molar-refractivity contribution >= 4 is 0 Å². The van der Waals surface area contributed by atoms with Crippen LogP contribution in [-0.4, -0.2) is 25.0 Å². The molecular formula is C13H17N. The van der Waals surface area contributed by atoms with Gasteiger partial charge in [0.2, 0.25) is 0 Å². The molecule has 1 aromatic rings. The van der Waals surface area contributed by atoms with Crippen LogP contribution >= 0.6 is 0 Å². The lowest BCUT2D eigenvalue weighted by molar-refractivity contribution is 0.328. The fraction of sp³-hybridized carbons (Fsp3) is 0.538. The van der Waals surface area contributed by atoms with Crippen LogP contribution in [0.2, 0.25) is 0 Å². The fourth-order valence-electron chi connectivity index (χ4n) is 3.14. The SMILES string of the molecule is CN1CCC2C[C@@H](C1)c1ccccc12. The van der Waals surface area contributed by atoms with E-state index in [1.165, 1.54) is 25.9 Å². The first-order valence-corrected chi connectivity index (χ1v) is 5.62. The summed E-state index contributed by atoms with van der Waals surface area (Å²) in [5.41, 5.74) is 3.27. The van der Waals surface area contributed by atoms with Crippen LogP contribution in [0.3, 0.4) is 0 Å². The van der Waals surface area contributed by atoms with E-state index < -0.39 is 0 Å². The summed E-state index contributed by atoms with van der Waals surface area (Å²) < 4.78 is 0. The highest BCUT2D eigenvalue weighted by atomic mass is 15.1. The Labute approximate surface area is 85.7 Å². The van der Waals surface area contributed by atoms with Gasteiger partial charge < -0.3 is 4.90 Å². The van der Waals surface area contributed by atoms with Crippen molar-refractivity contribution in [2.45, 2.75) is 24.7 Å². The number of likely N-dealkylation sites (N-methyl/N-ethyl adjacent to an activating group) is 1. The minimum atomic E-state index is 0.809. The van der Waals surface area contributed by atoms with E-state index in [1.54, 1.807) is 11.1 Å². The summed E-state index contributed by atoms with van der Waals surface area (Å²) in [5.74, 6) is 1.66. The van der Waals surface area contributed by atoms with Gasteiger partial charge in [-0.05, 0) is 49.4 Å². The summed E-state index contributed by atoms with van der Waals surface area (Å²) in [6, 6.07) is 9.06. The molecule has 1 heteroatoms. The van der Waals surface area contributed by atoms with E-state index in [-0.39, 0.29) is 0 Å². The van der Waals surface area contributed by atoms with Crippen molar-refractivity contribution in [2.75, 3.05) is 20.1 Å². The summed E-state index contributed by atoms with van der Waals surface area (Å²) >= 11 is 0. The molecule has 0 N–H and O–H groups in total. The molecular weight excluding hydrogens is 170 g/mol. The molecule has 2 aliphatic rings. The molecule has 1 nitrogen and oxygen atoms in total. The second-order valence-electron chi connectivity index (χ2n) is 4.81. The van der Waals surface area contributed by atoms with E-state index in [0.717, 1.165) is 11.8 Å². The predicted octanol–water partition coefficient (Wildman–Crippen LogP) is 2.59. The van der Waals surface area contributed by atoms with Gasteiger partial charge in [-0.2, -0.15) is 0 Å². The Morgan fingerprint density at radius 3 is 2.64 bits per heavy atom. The van der Waals surface area contributed by atoms with Crippen LogP contribution < -0.4 is 0 Å². The number of benzene rings is 1. The van der Waals surface area contributed by atoms with Crippen LogP contribution in [0.15, 0.2) is 24.3 Å². The summed E-state index contributed by atoms with van der Waals surface area (Å²) in [6.45, 7) is 2.53. The van der Waals surface area contributed by atoms with Crippen molar-refractivity contribution in [1.29, 1.82) is 0 Å². The normalized spacial score (nSPS) is 31.2. The standard InChI is InChI=1S/C13H17N/c1-14-7-6-10-8-11(9-14)13-5-3-2-4-12(10)13/h2-5,10-11H,6-9H2,1H3/t10?,11-/m0/s1. The molecule has 74 valence electrons. The largest absolute Gasteiger partial charge is 0.306 e. The maximum atomic E-state index is 2.49. The van der Waals surface area contributed by atoms with Crippen LogP contribution in [0.5, 0.6) is 0 Å². The number of likely N-dealkylation sites (tertiary alicyclic amines) is 1. The van der Waals surface area contributed by atoms with Crippen LogP contribution in [-0.2, 0) is 0 Å². The van der Waals surface area contributed by atoms with Gasteiger partial charge in [0.15, 0.2) is 0 Å². The molecule has 0 amide bonds. The maximum Gasteiger partial charge on any atom is 0.00475 e. The highest BCUT2D eigenvalue weighted by molar-refractivity contribution is 5.39.